The summed E-state index contributed by atoms with van der Waals surface area (Å²) in [6, 6.07) is 0. The quantitative estimate of drug-likeness (QED) is 0.671. The molecule has 0 bridgehead atoms. The Morgan fingerprint density at radius 2 is 2.07 bits per heavy atom. The van der Waals surface area contributed by atoms with E-state index in [1.54, 1.807) is 9.80 Å². The Morgan fingerprint density at radius 3 is 2.67 bits per heavy atom. The molecule has 0 spiro atoms. The van der Waals surface area contributed by atoms with Gasteiger partial charge in [0.05, 0.1) is 13.2 Å². The second-order valence-corrected chi connectivity index (χ2v) is 4.58. The van der Waals surface area contributed by atoms with Gasteiger partial charge in [0.25, 0.3) is 5.24 Å². The highest BCUT2D eigenvalue weighted by atomic mass is 32.2. The van der Waals surface area contributed by atoms with Gasteiger partial charge in [-0.05, 0) is 0 Å². The van der Waals surface area contributed by atoms with Crippen molar-refractivity contribution in [3.63, 3.8) is 0 Å². The molecule has 0 aromatic carbocycles. The van der Waals surface area contributed by atoms with Gasteiger partial charge in [-0.25, -0.2) is 0 Å². The number of amides is 2. The second-order valence-electron chi connectivity index (χ2n) is 3.53. The summed E-state index contributed by atoms with van der Waals surface area (Å²) in [6.07, 6.45) is 0. The minimum absolute atomic E-state index is 0.0246. The maximum atomic E-state index is 11.8. The van der Waals surface area contributed by atoms with Crippen molar-refractivity contribution in [3.8, 4) is 0 Å². The largest absolute Gasteiger partial charge is 0.378 e. The van der Waals surface area contributed by atoms with E-state index in [4.69, 9.17) is 4.74 Å². The van der Waals surface area contributed by atoms with E-state index in [-0.39, 0.29) is 17.7 Å². The van der Waals surface area contributed by atoms with Crippen LogP contribution in [0.1, 0.15) is 0 Å². The molecule has 2 heterocycles. The van der Waals surface area contributed by atoms with E-state index >= 15 is 0 Å². The first-order chi connectivity index (χ1) is 7.27. The van der Waals surface area contributed by atoms with Gasteiger partial charge in [-0.2, -0.15) is 0 Å². The van der Waals surface area contributed by atoms with Crippen LogP contribution in [0.5, 0.6) is 0 Å². The number of hydrogen-bond acceptors (Lipinski definition) is 4. The molecule has 0 aromatic rings. The molecular weight excluding hydrogens is 216 g/mol. The molecule has 2 aliphatic heterocycles. The molecule has 2 amide bonds. The van der Waals surface area contributed by atoms with Crippen molar-refractivity contribution in [1.82, 2.24) is 9.80 Å². The van der Waals surface area contributed by atoms with Crippen molar-refractivity contribution in [1.29, 1.82) is 0 Å². The van der Waals surface area contributed by atoms with Gasteiger partial charge in [-0.1, -0.05) is 11.8 Å². The van der Waals surface area contributed by atoms with Gasteiger partial charge in [-0.3, -0.25) is 9.59 Å². The predicted molar refractivity (Wildman–Crippen MR) is 56.8 cm³/mol. The number of carbonyl (C=O) groups is 2. The van der Waals surface area contributed by atoms with E-state index in [2.05, 4.69) is 0 Å². The minimum atomic E-state index is 0.0246. The lowest BCUT2D eigenvalue weighted by Crippen LogP contribution is -2.45. The highest BCUT2D eigenvalue weighted by Gasteiger charge is 2.26. The zero-order valence-electron chi connectivity index (χ0n) is 8.48. The van der Waals surface area contributed by atoms with Crippen LogP contribution in [0.3, 0.4) is 0 Å². The van der Waals surface area contributed by atoms with Gasteiger partial charge in [0.1, 0.15) is 6.54 Å². The molecule has 0 atom stereocenters. The minimum Gasteiger partial charge on any atom is -0.378 e. The van der Waals surface area contributed by atoms with E-state index in [9.17, 15) is 9.59 Å². The van der Waals surface area contributed by atoms with Crippen LogP contribution in [-0.2, 0) is 9.53 Å². The number of ether oxygens (including phenoxy) is 1. The Kier molecular flexibility index (Phi) is 3.48. The monoisotopic (exact) mass is 230 g/mol. The topological polar surface area (TPSA) is 49.9 Å². The van der Waals surface area contributed by atoms with E-state index in [0.717, 1.165) is 5.75 Å². The van der Waals surface area contributed by atoms with Gasteiger partial charge in [0.15, 0.2) is 0 Å². The zero-order valence-corrected chi connectivity index (χ0v) is 9.29. The Labute approximate surface area is 92.7 Å². The Hall–Kier alpha value is -0.750. The van der Waals surface area contributed by atoms with Crippen molar-refractivity contribution in [3.05, 3.63) is 0 Å². The summed E-state index contributed by atoms with van der Waals surface area (Å²) >= 11 is 1.29. The molecule has 2 saturated heterocycles. The molecular formula is C9H14N2O3S. The molecule has 15 heavy (non-hydrogen) atoms. The second kappa shape index (κ2) is 4.85. The first-order valence-corrected chi connectivity index (χ1v) is 6.03. The van der Waals surface area contributed by atoms with E-state index in [0.29, 0.717) is 32.8 Å². The first kappa shape index (κ1) is 10.8. The molecule has 0 N–H and O–H groups in total. The van der Waals surface area contributed by atoms with E-state index < -0.39 is 0 Å². The molecule has 0 radical (unpaired) electrons. The van der Waals surface area contributed by atoms with Crippen molar-refractivity contribution >= 4 is 22.9 Å². The molecule has 2 rings (SSSR count). The molecule has 0 aromatic heterocycles. The summed E-state index contributed by atoms with van der Waals surface area (Å²) in [5, 5.41) is 0.0246. The van der Waals surface area contributed by atoms with Crippen LogP contribution in [0.15, 0.2) is 0 Å². The summed E-state index contributed by atoms with van der Waals surface area (Å²) < 4.78 is 5.16. The SMILES string of the molecule is O=C(CN1CCSC1=O)N1CCOCC1. The summed E-state index contributed by atoms with van der Waals surface area (Å²) in [7, 11) is 0. The molecule has 5 nitrogen and oxygen atoms in total. The number of thioether (sulfide) groups is 1. The maximum absolute atomic E-state index is 11.8. The average molecular weight is 230 g/mol. The van der Waals surface area contributed by atoms with Gasteiger partial charge in [0.2, 0.25) is 5.91 Å². The van der Waals surface area contributed by atoms with Gasteiger partial charge >= 0.3 is 0 Å². The lowest BCUT2D eigenvalue weighted by molar-refractivity contribution is -0.135. The number of morpholine rings is 1. The third kappa shape index (κ3) is 2.63. The third-order valence-corrected chi connectivity index (χ3v) is 3.43. The van der Waals surface area contributed by atoms with Crippen LogP contribution < -0.4 is 0 Å². The highest BCUT2D eigenvalue weighted by Crippen LogP contribution is 2.16. The molecule has 2 fully saturated rings. The number of nitrogens with zero attached hydrogens (tertiary/aromatic N) is 2. The number of hydrogen-bond donors (Lipinski definition) is 0. The van der Waals surface area contributed by atoms with Crippen LogP contribution in [0.25, 0.3) is 0 Å². The van der Waals surface area contributed by atoms with Crippen molar-refractivity contribution in [2.75, 3.05) is 45.1 Å². The molecule has 84 valence electrons. The van der Waals surface area contributed by atoms with Crippen LogP contribution in [-0.4, -0.2) is 66.1 Å². The van der Waals surface area contributed by atoms with E-state index in [1.165, 1.54) is 11.8 Å². The summed E-state index contributed by atoms with van der Waals surface area (Å²) in [5.74, 6) is 0.837. The van der Waals surface area contributed by atoms with Crippen LogP contribution >= 0.6 is 11.8 Å². The maximum Gasteiger partial charge on any atom is 0.282 e. The Bertz CT molecular complexity index is 266. The Morgan fingerprint density at radius 1 is 1.33 bits per heavy atom. The van der Waals surface area contributed by atoms with Crippen LogP contribution in [0.2, 0.25) is 0 Å². The fourth-order valence-electron chi connectivity index (χ4n) is 1.65. The number of rotatable bonds is 2. The Balaban J connectivity index is 1.82. The smallest absolute Gasteiger partial charge is 0.282 e. The first-order valence-electron chi connectivity index (χ1n) is 5.04. The fourth-order valence-corrected chi connectivity index (χ4v) is 2.47. The standard InChI is InChI=1S/C9H14N2O3S/c12-8(10-1-4-14-5-2-10)7-11-3-6-15-9(11)13/h1-7H2. The highest BCUT2D eigenvalue weighted by molar-refractivity contribution is 8.13. The van der Waals surface area contributed by atoms with Crippen molar-refractivity contribution in [2.45, 2.75) is 0 Å². The fraction of sp³-hybridized carbons (Fsp3) is 0.778. The van der Waals surface area contributed by atoms with Crippen molar-refractivity contribution in [2.24, 2.45) is 0 Å². The van der Waals surface area contributed by atoms with Crippen LogP contribution in [0.4, 0.5) is 4.79 Å². The van der Waals surface area contributed by atoms with E-state index in [1.807, 2.05) is 0 Å². The summed E-state index contributed by atoms with van der Waals surface area (Å²) in [5.41, 5.74) is 0. The van der Waals surface area contributed by atoms with Gasteiger partial charge < -0.3 is 14.5 Å². The molecule has 0 aliphatic carbocycles. The summed E-state index contributed by atoms with van der Waals surface area (Å²) in [4.78, 5) is 26.4. The number of carbonyl (C=O) groups excluding carboxylic acids is 2. The van der Waals surface area contributed by atoms with Gasteiger partial charge in [-0.15, -0.1) is 0 Å². The van der Waals surface area contributed by atoms with Crippen molar-refractivity contribution < 1.29 is 14.3 Å². The lowest BCUT2D eigenvalue weighted by atomic mass is 10.4. The average Bonchev–Trinajstić information content (AvgIpc) is 2.66. The zero-order chi connectivity index (χ0) is 10.7. The normalized spacial score (nSPS) is 22.3. The molecule has 0 unspecified atom stereocenters. The third-order valence-electron chi connectivity index (χ3n) is 2.53. The predicted octanol–water partition coefficient (Wildman–Crippen LogP) is 0.0140. The lowest BCUT2D eigenvalue weighted by Gasteiger charge is -2.28. The van der Waals surface area contributed by atoms with Gasteiger partial charge in [0, 0.05) is 25.4 Å². The van der Waals surface area contributed by atoms with Crippen LogP contribution in [0, 0.1) is 0 Å². The molecule has 6 heteroatoms. The molecule has 2 aliphatic rings. The summed E-state index contributed by atoms with van der Waals surface area (Å²) in [6.45, 7) is 3.43. The molecule has 0 saturated carbocycles.